The van der Waals surface area contributed by atoms with Crippen molar-refractivity contribution in [3.05, 3.63) is 78.0 Å². The lowest BCUT2D eigenvalue weighted by Gasteiger charge is -2.13. The van der Waals surface area contributed by atoms with Crippen LogP contribution in [0.5, 0.6) is 0 Å². The highest BCUT2D eigenvalue weighted by molar-refractivity contribution is 6.33. The fourth-order valence-corrected chi connectivity index (χ4v) is 3.23. The first kappa shape index (κ1) is 20.0. The molecule has 1 amide bonds. The van der Waals surface area contributed by atoms with Crippen LogP contribution in [0.4, 0.5) is 23.1 Å². The molecule has 0 bridgehead atoms. The lowest BCUT2D eigenvalue weighted by Crippen LogP contribution is -2.26. The van der Waals surface area contributed by atoms with Gasteiger partial charge in [0.15, 0.2) is 5.82 Å². The standard InChI is InChI=1S/C22H19ClN8O/c23-18-11-25-22(28-15-7-9-16(10-8-15)31-13-24-12-26-31)30-20(18)29-19-4-2-1-3-17(19)21(32)27-14-5-6-14/h1-4,7-14H,5-6H2,(H,27,32)(H2,25,28,29,30). The molecule has 2 aromatic carbocycles. The molecule has 2 heterocycles. The summed E-state index contributed by atoms with van der Waals surface area (Å²) >= 11 is 6.32. The number of benzene rings is 2. The van der Waals surface area contributed by atoms with Crippen molar-refractivity contribution in [2.75, 3.05) is 10.6 Å². The molecule has 5 rings (SSSR count). The van der Waals surface area contributed by atoms with Crippen molar-refractivity contribution in [2.24, 2.45) is 0 Å². The van der Waals surface area contributed by atoms with Crippen molar-refractivity contribution >= 4 is 40.6 Å². The van der Waals surface area contributed by atoms with E-state index in [1.54, 1.807) is 17.1 Å². The van der Waals surface area contributed by atoms with Gasteiger partial charge in [-0.1, -0.05) is 23.7 Å². The summed E-state index contributed by atoms with van der Waals surface area (Å²) in [4.78, 5) is 25.3. The van der Waals surface area contributed by atoms with Crippen LogP contribution in [-0.2, 0) is 0 Å². The first-order valence-electron chi connectivity index (χ1n) is 10.1. The molecule has 4 aromatic rings. The van der Waals surface area contributed by atoms with Crippen LogP contribution >= 0.6 is 11.6 Å². The quantitative estimate of drug-likeness (QED) is 0.392. The number of hydrogen-bond donors (Lipinski definition) is 3. The van der Waals surface area contributed by atoms with Crippen LogP contribution in [0.1, 0.15) is 23.2 Å². The summed E-state index contributed by atoms with van der Waals surface area (Å²) in [5, 5.41) is 13.8. The first-order valence-corrected chi connectivity index (χ1v) is 10.4. The Bertz CT molecular complexity index is 1240. The predicted molar refractivity (Wildman–Crippen MR) is 122 cm³/mol. The number of aromatic nitrogens is 5. The molecular weight excluding hydrogens is 428 g/mol. The molecule has 3 N–H and O–H groups in total. The smallest absolute Gasteiger partial charge is 0.253 e. The molecule has 0 radical (unpaired) electrons. The number of carbonyl (C=O) groups excluding carboxylic acids is 1. The number of halogens is 1. The third kappa shape index (κ3) is 4.52. The molecule has 32 heavy (non-hydrogen) atoms. The molecule has 0 spiro atoms. The zero-order valence-corrected chi connectivity index (χ0v) is 17.6. The van der Waals surface area contributed by atoms with Crippen LogP contribution in [0.15, 0.2) is 67.4 Å². The van der Waals surface area contributed by atoms with Gasteiger partial charge < -0.3 is 16.0 Å². The van der Waals surface area contributed by atoms with E-state index < -0.39 is 0 Å². The van der Waals surface area contributed by atoms with Gasteiger partial charge >= 0.3 is 0 Å². The molecule has 0 saturated heterocycles. The minimum atomic E-state index is -0.119. The van der Waals surface area contributed by atoms with Crippen LogP contribution in [0.2, 0.25) is 5.02 Å². The third-order valence-electron chi connectivity index (χ3n) is 4.89. The van der Waals surface area contributed by atoms with Gasteiger partial charge in [0.05, 0.1) is 23.1 Å². The van der Waals surface area contributed by atoms with E-state index in [1.807, 2.05) is 42.5 Å². The van der Waals surface area contributed by atoms with E-state index in [0.29, 0.717) is 28.0 Å². The maximum absolute atomic E-state index is 12.6. The Balaban J connectivity index is 1.34. The lowest BCUT2D eigenvalue weighted by molar-refractivity contribution is 0.0952. The summed E-state index contributed by atoms with van der Waals surface area (Å²) in [5.74, 6) is 0.645. The Hall–Kier alpha value is -3.98. The average Bonchev–Trinajstić information content (AvgIpc) is 3.45. The van der Waals surface area contributed by atoms with Crippen LogP contribution < -0.4 is 16.0 Å². The van der Waals surface area contributed by atoms with Gasteiger partial charge in [-0.3, -0.25) is 4.79 Å². The third-order valence-corrected chi connectivity index (χ3v) is 5.16. The Kier molecular flexibility index (Phi) is 5.39. The van der Waals surface area contributed by atoms with Gasteiger partial charge in [0.1, 0.15) is 17.7 Å². The van der Waals surface area contributed by atoms with E-state index in [4.69, 9.17) is 11.6 Å². The van der Waals surface area contributed by atoms with Crippen molar-refractivity contribution in [3.8, 4) is 5.69 Å². The number of nitrogens with zero attached hydrogens (tertiary/aromatic N) is 5. The van der Waals surface area contributed by atoms with Crippen LogP contribution in [0.3, 0.4) is 0 Å². The van der Waals surface area contributed by atoms with Crippen molar-refractivity contribution in [3.63, 3.8) is 0 Å². The Morgan fingerprint density at radius 1 is 1.06 bits per heavy atom. The predicted octanol–water partition coefficient (Wildman–Crippen LogP) is 4.09. The number of carbonyl (C=O) groups is 1. The maximum atomic E-state index is 12.6. The zero-order valence-electron chi connectivity index (χ0n) is 16.9. The number of hydrogen-bond acceptors (Lipinski definition) is 7. The normalized spacial score (nSPS) is 12.9. The molecule has 2 aromatic heterocycles. The Labute approximate surface area is 188 Å². The van der Waals surface area contributed by atoms with Crippen molar-refractivity contribution < 1.29 is 4.79 Å². The summed E-state index contributed by atoms with van der Waals surface area (Å²) in [5.41, 5.74) is 2.83. The van der Waals surface area contributed by atoms with Gasteiger partial charge in [-0.15, -0.1) is 0 Å². The minimum Gasteiger partial charge on any atom is -0.349 e. The fourth-order valence-electron chi connectivity index (χ4n) is 3.09. The van der Waals surface area contributed by atoms with Gasteiger partial charge in [0, 0.05) is 11.7 Å². The summed E-state index contributed by atoms with van der Waals surface area (Å²) in [6, 6.07) is 15.1. The second kappa shape index (κ2) is 8.64. The largest absolute Gasteiger partial charge is 0.349 e. The minimum absolute atomic E-state index is 0.119. The summed E-state index contributed by atoms with van der Waals surface area (Å²) in [6.07, 6.45) is 6.67. The molecule has 0 aliphatic heterocycles. The highest BCUT2D eigenvalue weighted by Gasteiger charge is 2.25. The molecule has 1 fully saturated rings. The molecule has 0 atom stereocenters. The van der Waals surface area contributed by atoms with E-state index in [0.717, 1.165) is 24.2 Å². The molecule has 9 nitrogen and oxygen atoms in total. The van der Waals surface area contributed by atoms with E-state index >= 15 is 0 Å². The SMILES string of the molecule is O=C(NC1CC1)c1ccccc1Nc1nc(Nc2ccc(-n3cncn3)cc2)ncc1Cl. The highest BCUT2D eigenvalue weighted by Crippen LogP contribution is 2.28. The summed E-state index contributed by atoms with van der Waals surface area (Å²) < 4.78 is 1.67. The van der Waals surface area contributed by atoms with Gasteiger partial charge in [-0.2, -0.15) is 10.1 Å². The summed E-state index contributed by atoms with van der Waals surface area (Å²) in [6.45, 7) is 0. The van der Waals surface area contributed by atoms with E-state index in [-0.39, 0.29) is 11.9 Å². The van der Waals surface area contributed by atoms with Crippen LogP contribution in [0.25, 0.3) is 5.69 Å². The number of rotatable bonds is 7. The lowest BCUT2D eigenvalue weighted by atomic mass is 10.1. The van der Waals surface area contributed by atoms with E-state index in [2.05, 4.69) is 36.0 Å². The molecule has 0 unspecified atom stereocenters. The number of amides is 1. The Morgan fingerprint density at radius 3 is 2.62 bits per heavy atom. The molecule has 1 aliphatic carbocycles. The van der Waals surface area contributed by atoms with Crippen molar-refractivity contribution in [1.29, 1.82) is 0 Å². The molecule has 1 saturated carbocycles. The van der Waals surface area contributed by atoms with Crippen molar-refractivity contribution in [1.82, 2.24) is 30.0 Å². The number of anilines is 4. The van der Waals surface area contributed by atoms with Crippen LogP contribution in [-0.4, -0.2) is 36.7 Å². The second-order valence-electron chi connectivity index (χ2n) is 7.32. The first-order chi connectivity index (χ1) is 15.7. The summed E-state index contributed by atoms with van der Waals surface area (Å²) in [7, 11) is 0. The van der Waals surface area contributed by atoms with Gasteiger partial charge in [0.2, 0.25) is 5.95 Å². The monoisotopic (exact) mass is 446 g/mol. The maximum Gasteiger partial charge on any atom is 0.253 e. The van der Waals surface area contributed by atoms with Gasteiger partial charge in [-0.25, -0.2) is 14.6 Å². The zero-order chi connectivity index (χ0) is 21.9. The molecule has 160 valence electrons. The topological polar surface area (TPSA) is 110 Å². The van der Waals surface area contributed by atoms with Gasteiger partial charge in [0.25, 0.3) is 5.91 Å². The number of para-hydroxylation sites is 1. The molecular formula is C22H19ClN8O. The van der Waals surface area contributed by atoms with E-state index in [9.17, 15) is 4.79 Å². The van der Waals surface area contributed by atoms with Crippen molar-refractivity contribution in [2.45, 2.75) is 18.9 Å². The van der Waals surface area contributed by atoms with Crippen LogP contribution in [0, 0.1) is 0 Å². The van der Waals surface area contributed by atoms with Gasteiger partial charge in [-0.05, 0) is 49.2 Å². The second-order valence-corrected chi connectivity index (χ2v) is 7.73. The fraction of sp³-hybridized carbons (Fsp3) is 0.136. The molecule has 1 aliphatic rings. The number of nitrogens with one attached hydrogen (secondary N) is 3. The highest BCUT2D eigenvalue weighted by atomic mass is 35.5. The Morgan fingerprint density at radius 2 is 1.88 bits per heavy atom. The van der Waals surface area contributed by atoms with E-state index in [1.165, 1.54) is 12.5 Å². The average molecular weight is 447 g/mol. The molecule has 10 heteroatoms.